The number of aryl methyl sites for hydroxylation is 2. The Labute approximate surface area is 159 Å². The molecular weight excluding hydrogens is 367 g/mol. The van der Waals surface area contributed by atoms with Crippen molar-refractivity contribution in [3.8, 4) is 0 Å². The van der Waals surface area contributed by atoms with Gasteiger partial charge < -0.3 is 5.32 Å². The molecule has 2 aromatic rings. The number of nitrogens with zero attached hydrogens (tertiary/aromatic N) is 1. The molecule has 144 valence electrons. The molecule has 27 heavy (non-hydrogen) atoms. The summed E-state index contributed by atoms with van der Waals surface area (Å²) in [4.78, 5) is 12.2. The number of rotatable bonds is 6. The smallest absolute Gasteiger partial charge is 0.232 e. The van der Waals surface area contributed by atoms with Gasteiger partial charge in [0.2, 0.25) is 15.9 Å². The summed E-state index contributed by atoms with van der Waals surface area (Å²) in [6, 6.07) is 11.7. The fourth-order valence-electron chi connectivity index (χ4n) is 3.29. The largest absolute Gasteiger partial charge is 0.326 e. The Morgan fingerprint density at radius 2 is 1.93 bits per heavy atom. The summed E-state index contributed by atoms with van der Waals surface area (Å²) in [6.07, 6.45) is 4.49. The highest BCUT2D eigenvalue weighted by molar-refractivity contribution is 7.92. The Hall–Kier alpha value is -2.41. The second kappa shape index (κ2) is 8.08. The molecule has 0 fully saturated rings. The second-order valence-corrected chi connectivity index (χ2v) is 8.72. The summed E-state index contributed by atoms with van der Waals surface area (Å²) in [5, 5.41) is 2.84. The van der Waals surface area contributed by atoms with E-state index in [0.29, 0.717) is 37.2 Å². The lowest BCUT2D eigenvalue weighted by Crippen LogP contribution is -2.34. The van der Waals surface area contributed by atoms with Gasteiger partial charge in [0, 0.05) is 18.7 Å². The Bertz CT molecular complexity index is 927. The number of amides is 1. The van der Waals surface area contributed by atoms with Crippen LogP contribution in [0.4, 0.5) is 15.8 Å². The van der Waals surface area contributed by atoms with Crippen LogP contribution in [0.15, 0.2) is 42.5 Å². The van der Waals surface area contributed by atoms with Crippen molar-refractivity contribution in [1.29, 1.82) is 0 Å². The highest BCUT2D eigenvalue weighted by Gasteiger charge is 2.24. The minimum atomic E-state index is -3.34. The molecule has 5 nitrogen and oxygen atoms in total. The Balaban J connectivity index is 1.60. The zero-order valence-electron chi connectivity index (χ0n) is 15.2. The monoisotopic (exact) mass is 390 g/mol. The van der Waals surface area contributed by atoms with Gasteiger partial charge in [-0.15, -0.1) is 0 Å². The molecule has 0 atom stereocenters. The minimum Gasteiger partial charge on any atom is -0.326 e. The van der Waals surface area contributed by atoms with Gasteiger partial charge in [0.25, 0.3) is 0 Å². The molecule has 1 aliphatic rings. The van der Waals surface area contributed by atoms with Crippen LogP contribution in [0.1, 0.15) is 30.4 Å². The van der Waals surface area contributed by atoms with Gasteiger partial charge in [-0.25, -0.2) is 12.8 Å². The molecule has 0 radical (unpaired) electrons. The van der Waals surface area contributed by atoms with E-state index in [1.54, 1.807) is 18.2 Å². The minimum absolute atomic E-state index is 0.126. The first-order valence-corrected chi connectivity index (χ1v) is 10.8. The van der Waals surface area contributed by atoms with Gasteiger partial charge in [-0.3, -0.25) is 9.10 Å². The van der Waals surface area contributed by atoms with Crippen molar-refractivity contribution in [3.05, 3.63) is 59.4 Å². The van der Waals surface area contributed by atoms with Crippen LogP contribution in [0.25, 0.3) is 0 Å². The number of hydrogen-bond donors (Lipinski definition) is 1. The fraction of sp³-hybridized carbons (Fsp3) is 0.350. The van der Waals surface area contributed by atoms with Crippen molar-refractivity contribution in [2.75, 3.05) is 22.4 Å². The van der Waals surface area contributed by atoms with Crippen LogP contribution in [0.2, 0.25) is 0 Å². The van der Waals surface area contributed by atoms with Gasteiger partial charge in [0.1, 0.15) is 5.82 Å². The fourth-order valence-corrected chi connectivity index (χ4v) is 4.28. The number of anilines is 2. The van der Waals surface area contributed by atoms with Crippen molar-refractivity contribution in [2.24, 2.45) is 0 Å². The van der Waals surface area contributed by atoms with Crippen LogP contribution < -0.4 is 9.62 Å². The van der Waals surface area contributed by atoms with Crippen LogP contribution >= 0.6 is 0 Å². The molecule has 0 saturated heterocycles. The molecule has 1 aliphatic heterocycles. The lowest BCUT2D eigenvalue weighted by atomic mass is 10.0. The van der Waals surface area contributed by atoms with Crippen LogP contribution in [0.3, 0.4) is 0 Å². The molecule has 0 aromatic heterocycles. The maximum absolute atomic E-state index is 12.9. The van der Waals surface area contributed by atoms with Crippen molar-refractivity contribution < 1.29 is 17.6 Å². The normalized spacial score (nSPS) is 13.9. The molecule has 2 aromatic carbocycles. The average molecular weight is 390 g/mol. The summed E-state index contributed by atoms with van der Waals surface area (Å²) in [5.41, 5.74) is 3.20. The van der Waals surface area contributed by atoms with E-state index in [0.717, 1.165) is 24.0 Å². The highest BCUT2D eigenvalue weighted by atomic mass is 32.2. The van der Waals surface area contributed by atoms with Gasteiger partial charge in [-0.2, -0.15) is 0 Å². The summed E-state index contributed by atoms with van der Waals surface area (Å²) in [5.74, 6) is -0.397. The number of carbonyl (C=O) groups excluding carboxylic acids is 1. The van der Waals surface area contributed by atoms with Crippen LogP contribution in [0.5, 0.6) is 0 Å². The summed E-state index contributed by atoms with van der Waals surface area (Å²) < 4.78 is 38.3. The van der Waals surface area contributed by atoms with E-state index in [2.05, 4.69) is 5.32 Å². The molecule has 1 amide bonds. The third-order valence-corrected chi connectivity index (χ3v) is 5.81. The summed E-state index contributed by atoms with van der Waals surface area (Å²) in [7, 11) is -3.34. The molecule has 1 heterocycles. The maximum atomic E-state index is 12.9. The zero-order valence-corrected chi connectivity index (χ0v) is 16.1. The van der Waals surface area contributed by atoms with Gasteiger partial charge in [0.15, 0.2) is 0 Å². The van der Waals surface area contributed by atoms with Gasteiger partial charge in [0.05, 0.1) is 11.9 Å². The number of hydrogen-bond acceptors (Lipinski definition) is 3. The topological polar surface area (TPSA) is 66.5 Å². The molecule has 7 heteroatoms. The second-order valence-electron chi connectivity index (χ2n) is 6.81. The van der Waals surface area contributed by atoms with E-state index in [4.69, 9.17) is 0 Å². The van der Waals surface area contributed by atoms with E-state index in [-0.39, 0.29) is 11.7 Å². The quantitative estimate of drug-likeness (QED) is 0.821. The number of benzene rings is 2. The predicted octanol–water partition coefficient (Wildman–Crippen LogP) is 3.50. The first-order valence-electron chi connectivity index (χ1n) is 8.98. The van der Waals surface area contributed by atoms with Gasteiger partial charge in [-0.1, -0.05) is 18.2 Å². The molecular formula is C20H23FN2O3S. The standard InChI is InChI=1S/C20H23FN2O3S/c1-27(25,26)23-13-3-5-16-9-12-18(14-19(16)23)22-20(24)6-2-4-15-7-10-17(21)11-8-15/h7-12,14H,2-6,13H2,1H3,(H,22,24). The van der Waals surface area contributed by atoms with Crippen LogP contribution in [-0.2, 0) is 27.7 Å². The summed E-state index contributed by atoms with van der Waals surface area (Å²) >= 11 is 0. The molecule has 0 saturated carbocycles. The highest BCUT2D eigenvalue weighted by Crippen LogP contribution is 2.31. The molecule has 0 bridgehead atoms. The van der Waals surface area contributed by atoms with Crippen LogP contribution in [0, 0.1) is 5.82 Å². The Morgan fingerprint density at radius 3 is 2.63 bits per heavy atom. The van der Waals surface area contributed by atoms with Gasteiger partial charge in [-0.05, 0) is 61.1 Å². The van der Waals surface area contributed by atoms with E-state index in [9.17, 15) is 17.6 Å². The number of fused-ring (bicyclic) bond motifs is 1. The van der Waals surface area contributed by atoms with E-state index in [1.165, 1.54) is 22.7 Å². The number of nitrogens with one attached hydrogen (secondary N) is 1. The SMILES string of the molecule is CS(=O)(=O)N1CCCc2ccc(NC(=O)CCCc3ccc(F)cc3)cc21. The third-order valence-electron chi connectivity index (χ3n) is 4.63. The van der Waals surface area contributed by atoms with Crippen molar-refractivity contribution in [1.82, 2.24) is 0 Å². The molecule has 0 aliphatic carbocycles. The molecule has 0 spiro atoms. The van der Waals surface area contributed by atoms with E-state index in [1.807, 2.05) is 12.1 Å². The van der Waals surface area contributed by atoms with Crippen LogP contribution in [-0.4, -0.2) is 27.1 Å². The Morgan fingerprint density at radius 1 is 1.19 bits per heavy atom. The maximum Gasteiger partial charge on any atom is 0.232 e. The molecule has 0 unspecified atom stereocenters. The average Bonchev–Trinajstić information content (AvgIpc) is 2.62. The molecule has 1 N–H and O–H groups in total. The lowest BCUT2D eigenvalue weighted by molar-refractivity contribution is -0.116. The van der Waals surface area contributed by atoms with Crippen molar-refractivity contribution >= 4 is 27.3 Å². The van der Waals surface area contributed by atoms with Gasteiger partial charge >= 0.3 is 0 Å². The summed E-state index contributed by atoms with van der Waals surface area (Å²) in [6.45, 7) is 0.459. The van der Waals surface area contributed by atoms with Crippen molar-refractivity contribution in [3.63, 3.8) is 0 Å². The zero-order chi connectivity index (χ0) is 19.4. The Kier molecular flexibility index (Phi) is 5.79. The first-order chi connectivity index (χ1) is 12.8. The van der Waals surface area contributed by atoms with Crippen molar-refractivity contribution in [2.45, 2.75) is 32.1 Å². The molecule has 3 rings (SSSR count). The lowest BCUT2D eigenvalue weighted by Gasteiger charge is -2.29. The number of sulfonamides is 1. The number of carbonyl (C=O) groups is 1. The third kappa shape index (κ3) is 5.07. The first kappa shape index (κ1) is 19.4. The predicted molar refractivity (Wildman–Crippen MR) is 105 cm³/mol. The van der Waals surface area contributed by atoms with E-state index >= 15 is 0 Å². The van der Waals surface area contributed by atoms with E-state index < -0.39 is 10.0 Å². The number of halogens is 1.